The fraction of sp³-hybridized carbons (Fsp3) is 0.120. The number of amides is 1. The highest BCUT2D eigenvalue weighted by atomic mass is 16.6. The van der Waals surface area contributed by atoms with Crippen LogP contribution in [0.1, 0.15) is 22.8 Å². The van der Waals surface area contributed by atoms with Crippen LogP contribution in [0, 0.1) is 17.0 Å². The van der Waals surface area contributed by atoms with Gasteiger partial charge in [-0.05, 0) is 61.9 Å². The Labute approximate surface area is 184 Å². The molecule has 7 nitrogen and oxygen atoms in total. The molecule has 0 saturated carbocycles. The van der Waals surface area contributed by atoms with Gasteiger partial charge in [-0.25, -0.2) is 4.98 Å². The normalized spacial score (nSPS) is 10.7. The third kappa shape index (κ3) is 4.27. The van der Waals surface area contributed by atoms with Crippen molar-refractivity contribution < 1.29 is 14.5 Å². The molecule has 0 aliphatic carbocycles. The summed E-state index contributed by atoms with van der Waals surface area (Å²) in [5, 5.41) is 14.6. The summed E-state index contributed by atoms with van der Waals surface area (Å²) in [6.07, 6.45) is 0. The van der Waals surface area contributed by atoms with E-state index in [1.165, 1.54) is 12.1 Å². The zero-order chi connectivity index (χ0) is 22.7. The number of ether oxygens (including phenoxy) is 1. The minimum Gasteiger partial charge on any atom is -0.494 e. The average Bonchev–Trinajstić information content (AvgIpc) is 2.80. The first kappa shape index (κ1) is 21.0. The number of non-ortho nitro benzene ring substituents is 1. The van der Waals surface area contributed by atoms with Gasteiger partial charge in [-0.15, -0.1) is 0 Å². The van der Waals surface area contributed by atoms with E-state index in [9.17, 15) is 14.9 Å². The van der Waals surface area contributed by atoms with Gasteiger partial charge in [0.05, 0.1) is 28.3 Å². The minimum absolute atomic E-state index is 0.0207. The van der Waals surface area contributed by atoms with Gasteiger partial charge in [0, 0.05) is 28.8 Å². The molecule has 0 spiro atoms. The predicted molar refractivity (Wildman–Crippen MR) is 124 cm³/mol. The molecule has 3 aromatic carbocycles. The van der Waals surface area contributed by atoms with Crippen LogP contribution in [0.5, 0.6) is 5.75 Å². The molecule has 0 unspecified atom stereocenters. The maximum absolute atomic E-state index is 13.2. The van der Waals surface area contributed by atoms with Crippen molar-refractivity contribution in [3.8, 4) is 17.0 Å². The van der Waals surface area contributed by atoms with Crippen LogP contribution in [0.3, 0.4) is 0 Å². The molecule has 1 heterocycles. The molecule has 0 saturated heterocycles. The van der Waals surface area contributed by atoms with Crippen molar-refractivity contribution in [1.29, 1.82) is 0 Å². The molecule has 4 aromatic rings. The van der Waals surface area contributed by atoms with E-state index >= 15 is 0 Å². The molecular weight excluding hydrogens is 406 g/mol. The predicted octanol–water partition coefficient (Wildman–Crippen LogP) is 5.77. The number of carbonyl (C=O) groups is 1. The van der Waals surface area contributed by atoms with Crippen LogP contribution < -0.4 is 10.1 Å². The van der Waals surface area contributed by atoms with Crippen LogP contribution in [0.25, 0.3) is 22.2 Å². The Morgan fingerprint density at radius 1 is 1.06 bits per heavy atom. The van der Waals surface area contributed by atoms with Gasteiger partial charge in [-0.1, -0.05) is 18.2 Å². The Bertz CT molecular complexity index is 1320. The number of rotatable bonds is 6. The smallest absolute Gasteiger partial charge is 0.269 e. The van der Waals surface area contributed by atoms with E-state index in [1.807, 2.05) is 55.5 Å². The van der Waals surface area contributed by atoms with E-state index in [0.29, 0.717) is 34.6 Å². The SMILES string of the molecule is CCOc1ccc(-c2cc(C(=O)Nc3ccc([N+](=O)[O-])cc3C)c3ccccc3n2)cc1. The summed E-state index contributed by atoms with van der Waals surface area (Å²) in [4.78, 5) is 28.5. The monoisotopic (exact) mass is 427 g/mol. The summed E-state index contributed by atoms with van der Waals surface area (Å²) in [6.45, 7) is 4.23. The molecule has 1 aromatic heterocycles. The van der Waals surface area contributed by atoms with Gasteiger partial charge in [-0.3, -0.25) is 14.9 Å². The molecule has 7 heteroatoms. The quantitative estimate of drug-likeness (QED) is 0.311. The highest BCUT2D eigenvalue weighted by molar-refractivity contribution is 6.13. The number of hydrogen-bond acceptors (Lipinski definition) is 5. The second-order valence-corrected chi connectivity index (χ2v) is 7.24. The van der Waals surface area contributed by atoms with Crippen LogP contribution >= 0.6 is 0 Å². The van der Waals surface area contributed by atoms with Crippen LogP contribution in [0.15, 0.2) is 72.8 Å². The van der Waals surface area contributed by atoms with Crippen LogP contribution in [0.2, 0.25) is 0 Å². The Balaban J connectivity index is 1.73. The highest BCUT2D eigenvalue weighted by Crippen LogP contribution is 2.28. The molecule has 0 fully saturated rings. The molecule has 0 bridgehead atoms. The van der Waals surface area contributed by atoms with Crippen LogP contribution in [-0.4, -0.2) is 22.4 Å². The van der Waals surface area contributed by atoms with Gasteiger partial charge in [0.1, 0.15) is 5.75 Å². The third-order valence-electron chi connectivity index (χ3n) is 5.09. The lowest BCUT2D eigenvalue weighted by Crippen LogP contribution is -2.14. The number of para-hydroxylation sites is 1. The molecule has 0 atom stereocenters. The van der Waals surface area contributed by atoms with E-state index in [4.69, 9.17) is 9.72 Å². The molecule has 160 valence electrons. The zero-order valence-corrected chi connectivity index (χ0v) is 17.7. The maximum atomic E-state index is 13.2. The Kier molecular flexibility index (Phi) is 5.81. The van der Waals surface area contributed by atoms with Crippen molar-refractivity contribution in [3.63, 3.8) is 0 Å². The number of nitrogens with zero attached hydrogens (tertiary/aromatic N) is 2. The summed E-state index contributed by atoms with van der Waals surface area (Å²) >= 11 is 0. The van der Waals surface area contributed by atoms with Gasteiger partial charge in [0.25, 0.3) is 11.6 Å². The van der Waals surface area contributed by atoms with Gasteiger partial charge in [0.15, 0.2) is 0 Å². The molecule has 32 heavy (non-hydrogen) atoms. The van der Waals surface area contributed by atoms with Crippen molar-refractivity contribution in [2.24, 2.45) is 0 Å². The molecule has 0 aliphatic heterocycles. The van der Waals surface area contributed by atoms with Crippen molar-refractivity contribution in [3.05, 3.63) is 94.0 Å². The fourth-order valence-corrected chi connectivity index (χ4v) is 3.49. The van der Waals surface area contributed by atoms with Crippen LogP contribution in [0.4, 0.5) is 11.4 Å². The summed E-state index contributed by atoms with van der Waals surface area (Å²) in [7, 11) is 0. The number of pyridine rings is 1. The van der Waals surface area contributed by atoms with Gasteiger partial charge < -0.3 is 10.1 Å². The van der Waals surface area contributed by atoms with Crippen molar-refractivity contribution in [1.82, 2.24) is 4.98 Å². The number of aryl methyl sites for hydroxylation is 1. The van der Waals surface area contributed by atoms with E-state index < -0.39 is 4.92 Å². The fourth-order valence-electron chi connectivity index (χ4n) is 3.49. The molecule has 0 radical (unpaired) electrons. The van der Waals surface area contributed by atoms with E-state index in [0.717, 1.165) is 16.7 Å². The summed E-state index contributed by atoms with van der Waals surface area (Å²) in [5.41, 5.74) is 3.80. The molecule has 1 amide bonds. The number of aromatic nitrogens is 1. The lowest BCUT2D eigenvalue weighted by Gasteiger charge is -2.12. The number of fused-ring (bicyclic) bond motifs is 1. The topological polar surface area (TPSA) is 94.4 Å². The molecule has 0 aliphatic rings. The Morgan fingerprint density at radius 2 is 1.81 bits per heavy atom. The maximum Gasteiger partial charge on any atom is 0.269 e. The number of hydrogen-bond donors (Lipinski definition) is 1. The number of anilines is 1. The first-order valence-electron chi connectivity index (χ1n) is 10.2. The lowest BCUT2D eigenvalue weighted by atomic mass is 10.0. The van der Waals surface area contributed by atoms with Gasteiger partial charge in [-0.2, -0.15) is 0 Å². The molecular formula is C25H21N3O4. The third-order valence-corrected chi connectivity index (χ3v) is 5.09. The van der Waals surface area contributed by atoms with E-state index in [2.05, 4.69) is 5.32 Å². The van der Waals surface area contributed by atoms with Crippen molar-refractivity contribution in [2.45, 2.75) is 13.8 Å². The van der Waals surface area contributed by atoms with E-state index in [-0.39, 0.29) is 11.6 Å². The number of nitro benzene ring substituents is 1. The number of benzene rings is 3. The lowest BCUT2D eigenvalue weighted by molar-refractivity contribution is -0.384. The number of nitro groups is 1. The summed E-state index contributed by atoms with van der Waals surface area (Å²) in [6, 6.07) is 21.1. The van der Waals surface area contributed by atoms with E-state index in [1.54, 1.807) is 19.1 Å². The Morgan fingerprint density at radius 3 is 2.50 bits per heavy atom. The second kappa shape index (κ2) is 8.85. The molecule has 4 rings (SSSR count). The Hall–Kier alpha value is -4.26. The first-order chi connectivity index (χ1) is 15.5. The average molecular weight is 427 g/mol. The van der Waals surface area contributed by atoms with Gasteiger partial charge >= 0.3 is 0 Å². The van der Waals surface area contributed by atoms with Gasteiger partial charge in [0.2, 0.25) is 0 Å². The zero-order valence-electron chi connectivity index (χ0n) is 17.7. The number of carbonyl (C=O) groups excluding carboxylic acids is 1. The highest BCUT2D eigenvalue weighted by Gasteiger charge is 2.16. The summed E-state index contributed by atoms with van der Waals surface area (Å²) < 4.78 is 5.50. The minimum atomic E-state index is -0.460. The summed E-state index contributed by atoms with van der Waals surface area (Å²) in [5.74, 6) is 0.455. The molecule has 1 N–H and O–H groups in total. The van der Waals surface area contributed by atoms with Crippen molar-refractivity contribution >= 4 is 28.2 Å². The largest absolute Gasteiger partial charge is 0.494 e. The standard InChI is InChI=1S/C25H21N3O4/c1-3-32-19-11-8-17(9-12-19)24-15-21(20-6-4-5-7-23(20)26-24)25(29)27-22-13-10-18(28(30)31)14-16(22)2/h4-15H,3H2,1-2H3,(H,27,29). The first-order valence-corrected chi connectivity index (χ1v) is 10.2. The van der Waals surface area contributed by atoms with Crippen LogP contribution in [-0.2, 0) is 0 Å². The second-order valence-electron chi connectivity index (χ2n) is 7.24. The van der Waals surface area contributed by atoms with Crippen molar-refractivity contribution in [2.75, 3.05) is 11.9 Å². The number of nitrogens with one attached hydrogen (secondary N) is 1.